The number of carbonyl (C=O) groups excluding carboxylic acids is 1. The first-order chi connectivity index (χ1) is 12.3. The second-order valence-electron chi connectivity index (χ2n) is 6.57. The summed E-state index contributed by atoms with van der Waals surface area (Å²) in [5, 5.41) is 5.89. The first kappa shape index (κ1) is 18.5. The molecule has 3 rings (SSSR count). The van der Waals surface area contributed by atoms with Crippen LogP contribution >= 0.6 is 0 Å². The Hall–Kier alpha value is -2.32. The molecule has 1 aromatic carbocycles. The normalized spacial score (nSPS) is 16.8. The Kier molecular flexibility index (Phi) is 5.06. The number of nitrogens with zero attached hydrogens (tertiary/aromatic N) is 2. The maximum Gasteiger partial charge on any atom is 0.245 e. The molecule has 0 bridgehead atoms. The Bertz CT molecular complexity index is 922. The monoisotopic (exact) mass is 374 g/mol. The lowest BCUT2D eigenvalue weighted by Gasteiger charge is -2.34. The molecule has 1 fully saturated rings. The summed E-state index contributed by atoms with van der Waals surface area (Å²) in [4.78, 5) is 21.5. The van der Waals surface area contributed by atoms with E-state index in [1.54, 1.807) is 24.4 Å². The van der Waals surface area contributed by atoms with Crippen LogP contribution in [0.3, 0.4) is 0 Å². The molecule has 0 saturated carbocycles. The lowest BCUT2D eigenvalue weighted by Crippen LogP contribution is -2.55. The van der Waals surface area contributed by atoms with Gasteiger partial charge in [0, 0.05) is 29.4 Å². The molecule has 7 nitrogen and oxygen atoms in total. The van der Waals surface area contributed by atoms with E-state index in [0.717, 1.165) is 17.5 Å². The van der Waals surface area contributed by atoms with Gasteiger partial charge in [0.15, 0.2) is 20.4 Å². The Morgan fingerprint density at radius 3 is 2.62 bits per heavy atom. The van der Waals surface area contributed by atoms with E-state index in [4.69, 9.17) is 0 Å². The van der Waals surface area contributed by atoms with Crippen LogP contribution in [0.5, 0.6) is 0 Å². The van der Waals surface area contributed by atoms with E-state index >= 15 is 0 Å². The number of carbonyl (C=O) groups is 1. The molecule has 0 radical (unpaired) electrons. The number of piperidine rings is 1. The van der Waals surface area contributed by atoms with Crippen LogP contribution in [0.15, 0.2) is 36.5 Å². The average molecular weight is 374 g/mol. The number of aromatic nitrogens is 2. The van der Waals surface area contributed by atoms with Crippen LogP contribution in [0.1, 0.15) is 18.5 Å². The van der Waals surface area contributed by atoms with Gasteiger partial charge in [0.2, 0.25) is 5.91 Å². The number of benzene rings is 1. The van der Waals surface area contributed by atoms with E-state index in [2.05, 4.69) is 20.6 Å². The minimum Gasteiger partial charge on any atom is -0.325 e. The van der Waals surface area contributed by atoms with Crippen molar-refractivity contribution in [2.75, 3.05) is 24.7 Å². The first-order valence-corrected chi connectivity index (χ1v) is 10.3. The Morgan fingerprint density at radius 2 is 1.96 bits per heavy atom. The highest BCUT2D eigenvalue weighted by Crippen LogP contribution is 2.30. The van der Waals surface area contributed by atoms with Crippen molar-refractivity contribution >= 4 is 21.4 Å². The number of anilines is 1. The fraction of sp³-hybridized carbons (Fsp3) is 0.389. The van der Waals surface area contributed by atoms with Gasteiger partial charge in [-0.2, -0.15) is 0 Å². The van der Waals surface area contributed by atoms with Crippen LogP contribution in [-0.2, 0) is 14.6 Å². The molecule has 138 valence electrons. The summed E-state index contributed by atoms with van der Waals surface area (Å²) in [7, 11) is -3.55. The van der Waals surface area contributed by atoms with Gasteiger partial charge < -0.3 is 10.6 Å². The van der Waals surface area contributed by atoms with E-state index in [0.29, 0.717) is 24.6 Å². The molecule has 1 aliphatic rings. The number of sulfone groups is 1. The van der Waals surface area contributed by atoms with E-state index < -0.39 is 20.5 Å². The largest absolute Gasteiger partial charge is 0.325 e. The Balaban J connectivity index is 1.88. The third-order valence-corrected chi connectivity index (χ3v) is 6.72. The van der Waals surface area contributed by atoms with Crippen LogP contribution in [0.4, 0.5) is 5.69 Å². The van der Waals surface area contributed by atoms with Crippen LogP contribution in [0.2, 0.25) is 0 Å². The van der Waals surface area contributed by atoms with E-state index in [-0.39, 0.29) is 12.8 Å². The lowest BCUT2D eigenvalue weighted by molar-refractivity contribution is -0.119. The van der Waals surface area contributed by atoms with Gasteiger partial charge in [0.1, 0.15) is 0 Å². The van der Waals surface area contributed by atoms with Crippen molar-refractivity contribution in [2.24, 2.45) is 0 Å². The highest BCUT2D eigenvalue weighted by Gasteiger charge is 2.48. The fourth-order valence-electron chi connectivity index (χ4n) is 3.17. The standard InChI is InChI=1S/C18H22N4O3S/c1-13-6-9-20-16(21-13)14-4-3-5-15(12-14)22-17(23)18(26(2,24)25)7-10-19-11-8-18/h3-6,9,12,19H,7-8,10-11H2,1-2H3,(H,22,23). The van der Waals surface area contributed by atoms with Crippen molar-refractivity contribution < 1.29 is 13.2 Å². The summed E-state index contributed by atoms with van der Waals surface area (Å²) in [5.41, 5.74) is 2.12. The quantitative estimate of drug-likeness (QED) is 0.842. The Labute approximate surface area is 153 Å². The maximum absolute atomic E-state index is 12.9. The molecule has 8 heteroatoms. The number of nitrogens with one attached hydrogen (secondary N) is 2. The topological polar surface area (TPSA) is 101 Å². The van der Waals surface area contributed by atoms with E-state index in [1.807, 2.05) is 19.1 Å². The lowest BCUT2D eigenvalue weighted by atomic mass is 9.95. The number of aryl methyl sites for hydroxylation is 1. The van der Waals surface area contributed by atoms with Crippen molar-refractivity contribution in [3.63, 3.8) is 0 Å². The first-order valence-electron chi connectivity index (χ1n) is 8.44. The SMILES string of the molecule is Cc1ccnc(-c2cccc(NC(=O)C3(S(C)(=O)=O)CCNCC3)c2)n1. The highest BCUT2D eigenvalue weighted by molar-refractivity contribution is 7.92. The number of hydrogen-bond acceptors (Lipinski definition) is 6. The van der Waals surface area contributed by atoms with Crippen LogP contribution in [-0.4, -0.2) is 48.4 Å². The molecule has 0 aliphatic carbocycles. The second kappa shape index (κ2) is 7.13. The third kappa shape index (κ3) is 3.61. The van der Waals surface area contributed by atoms with Crippen LogP contribution < -0.4 is 10.6 Å². The zero-order chi connectivity index (χ0) is 18.8. The summed E-state index contributed by atoms with van der Waals surface area (Å²) in [6.45, 7) is 2.87. The van der Waals surface area contributed by atoms with E-state index in [9.17, 15) is 13.2 Å². The van der Waals surface area contributed by atoms with Gasteiger partial charge in [-0.25, -0.2) is 18.4 Å². The smallest absolute Gasteiger partial charge is 0.245 e. The van der Waals surface area contributed by atoms with Gasteiger partial charge in [0.25, 0.3) is 0 Å². The fourth-order valence-corrected chi connectivity index (χ4v) is 4.50. The minimum absolute atomic E-state index is 0.262. The predicted molar refractivity (Wildman–Crippen MR) is 101 cm³/mol. The van der Waals surface area contributed by atoms with Gasteiger partial charge >= 0.3 is 0 Å². The average Bonchev–Trinajstić information content (AvgIpc) is 2.61. The van der Waals surface area contributed by atoms with Crippen molar-refractivity contribution in [1.29, 1.82) is 0 Å². The van der Waals surface area contributed by atoms with Gasteiger partial charge in [-0.05, 0) is 51.1 Å². The van der Waals surface area contributed by atoms with Crippen molar-refractivity contribution in [2.45, 2.75) is 24.5 Å². The molecule has 26 heavy (non-hydrogen) atoms. The maximum atomic E-state index is 12.9. The van der Waals surface area contributed by atoms with Crippen LogP contribution in [0.25, 0.3) is 11.4 Å². The zero-order valence-electron chi connectivity index (χ0n) is 14.8. The predicted octanol–water partition coefficient (Wildman–Crippen LogP) is 1.56. The number of hydrogen-bond donors (Lipinski definition) is 2. The molecule has 2 N–H and O–H groups in total. The molecular weight excluding hydrogens is 352 g/mol. The van der Waals surface area contributed by atoms with E-state index in [1.165, 1.54) is 0 Å². The summed E-state index contributed by atoms with van der Waals surface area (Å²) in [5.74, 6) is 0.0737. The van der Waals surface area contributed by atoms with Crippen molar-refractivity contribution in [3.05, 3.63) is 42.2 Å². The third-order valence-electron chi connectivity index (χ3n) is 4.71. The second-order valence-corrected chi connectivity index (χ2v) is 8.90. The summed E-state index contributed by atoms with van der Waals surface area (Å²) in [6.07, 6.45) is 3.34. The molecule has 1 amide bonds. The van der Waals surface area contributed by atoms with Gasteiger partial charge in [0.05, 0.1) is 0 Å². The molecule has 0 spiro atoms. The Morgan fingerprint density at radius 1 is 1.23 bits per heavy atom. The number of amides is 1. The molecular formula is C18H22N4O3S. The molecule has 0 atom stereocenters. The molecule has 2 heterocycles. The summed E-state index contributed by atoms with van der Waals surface area (Å²) < 4.78 is 23.3. The van der Waals surface area contributed by atoms with Crippen LogP contribution in [0, 0.1) is 6.92 Å². The molecule has 1 saturated heterocycles. The minimum atomic E-state index is -3.55. The summed E-state index contributed by atoms with van der Waals surface area (Å²) in [6, 6.07) is 8.92. The van der Waals surface area contributed by atoms with Crippen molar-refractivity contribution in [3.8, 4) is 11.4 Å². The molecule has 0 unspecified atom stereocenters. The zero-order valence-corrected chi connectivity index (χ0v) is 15.6. The highest BCUT2D eigenvalue weighted by atomic mass is 32.2. The molecule has 1 aliphatic heterocycles. The van der Waals surface area contributed by atoms with Gasteiger partial charge in [-0.15, -0.1) is 0 Å². The number of rotatable bonds is 4. The van der Waals surface area contributed by atoms with Gasteiger partial charge in [-0.1, -0.05) is 12.1 Å². The van der Waals surface area contributed by atoms with Gasteiger partial charge in [-0.3, -0.25) is 4.79 Å². The summed E-state index contributed by atoms with van der Waals surface area (Å²) >= 11 is 0. The van der Waals surface area contributed by atoms with Crippen molar-refractivity contribution in [1.82, 2.24) is 15.3 Å². The molecule has 2 aromatic rings. The molecule has 1 aromatic heterocycles.